The molecule has 6 nitrogen and oxygen atoms in total. The molecule has 126 valence electrons. The first-order valence-corrected chi connectivity index (χ1v) is 8.10. The van der Waals surface area contributed by atoms with E-state index in [0.717, 1.165) is 6.20 Å². The van der Waals surface area contributed by atoms with Crippen molar-refractivity contribution >= 4 is 21.8 Å². The highest BCUT2D eigenvalue weighted by molar-refractivity contribution is 7.84. The SMILES string of the molecule is [2H]C([2H])([2H])Oc1ccc2nc(S(=O)Cc3ncc(C([2H])([2H])[2H])c(OC([2H])([2H])[2H])c3C)[nH]c2c1. The molecule has 0 aliphatic rings. The van der Waals surface area contributed by atoms with Crippen LogP contribution in [0.5, 0.6) is 11.5 Å². The summed E-state index contributed by atoms with van der Waals surface area (Å²) in [5, 5.41) is 0.0652. The second-order valence-corrected chi connectivity index (χ2v) is 6.35. The van der Waals surface area contributed by atoms with Crippen molar-refractivity contribution in [3.63, 3.8) is 0 Å². The normalized spacial score (nSPS) is 19.5. The molecule has 1 unspecified atom stereocenters. The minimum absolute atomic E-state index is 0.0652. The Morgan fingerprint density at radius 2 is 2.21 bits per heavy atom. The summed E-state index contributed by atoms with van der Waals surface area (Å²) in [5.74, 6) is -0.483. The van der Waals surface area contributed by atoms with Gasteiger partial charge < -0.3 is 14.5 Å². The van der Waals surface area contributed by atoms with Crippen molar-refractivity contribution in [3.05, 3.63) is 41.2 Å². The summed E-state index contributed by atoms with van der Waals surface area (Å²) < 4.78 is 89.0. The lowest BCUT2D eigenvalue weighted by molar-refractivity contribution is 0.407. The Morgan fingerprint density at radius 1 is 1.33 bits per heavy atom. The predicted molar refractivity (Wildman–Crippen MR) is 93.0 cm³/mol. The van der Waals surface area contributed by atoms with E-state index in [1.807, 2.05) is 0 Å². The quantitative estimate of drug-likeness (QED) is 0.762. The third kappa shape index (κ3) is 2.99. The number of aromatic nitrogens is 3. The number of benzene rings is 1. The number of hydrogen-bond donors (Lipinski definition) is 1. The number of aryl methyl sites for hydroxylation is 1. The average Bonchev–Trinajstić information content (AvgIpc) is 3.05. The average molecular weight is 354 g/mol. The van der Waals surface area contributed by atoms with Crippen LogP contribution in [0.2, 0.25) is 0 Å². The fourth-order valence-electron chi connectivity index (χ4n) is 2.24. The highest BCUT2D eigenvalue weighted by atomic mass is 32.2. The number of pyridine rings is 1. The first-order chi connectivity index (χ1) is 15.0. The maximum absolute atomic E-state index is 12.9. The van der Waals surface area contributed by atoms with Crippen molar-refractivity contribution < 1.29 is 26.0 Å². The van der Waals surface area contributed by atoms with E-state index >= 15 is 0 Å². The molecule has 0 amide bonds. The summed E-state index contributed by atoms with van der Waals surface area (Å²) >= 11 is 0. The van der Waals surface area contributed by atoms with Crippen LogP contribution in [0.4, 0.5) is 0 Å². The molecule has 0 spiro atoms. The minimum atomic E-state index is -2.89. The number of nitrogens with one attached hydrogen (secondary N) is 1. The first kappa shape index (κ1) is 8.62. The van der Waals surface area contributed by atoms with E-state index in [4.69, 9.17) is 21.8 Å². The van der Waals surface area contributed by atoms with E-state index in [1.165, 1.54) is 25.1 Å². The summed E-state index contributed by atoms with van der Waals surface area (Å²) in [5.41, 5.74) is 0.764. The molecule has 2 heterocycles. The maximum Gasteiger partial charge on any atom is 0.197 e. The van der Waals surface area contributed by atoms with Gasteiger partial charge in [-0.25, -0.2) is 4.98 Å². The van der Waals surface area contributed by atoms with Crippen molar-refractivity contribution in [2.24, 2.45) is 0 Å². The fourth-order valence-corrected chi connectivity index (χ4v) is 3.34. The molecule has 0 aliphatic heterocycles. The molecule has 1 N–H and O–H groups in total. The van der Waals surface area contributed by atoms with Crippen LogP contribution >= 0.6 is 0 Å². The van der Waals surface area contributed by atoms with E-state index in [1.54, 1.807) is 0 Å². The summed E-state index contributed by atoms with van der Waals surface area (Å²) in [4.78, 5) is 11.1. The molecule has 0 fully saturated rings. The largest absolute Gasteiger partial charge is 0.497 e. The summed E-state index contributed by atoms with van der Waals surface area (Å²) in [6.07, 6.45) is 0.991. The molecule has 0 saturated carbocycles. The van der Waals surface area contributed by atoms with E-state index in [9.17, 15) is 4.21 Å². The van der Waals surface area contributed by atoms with Gasteiger partial charge in [-0.15, -0.1) is 0 Å². The van der Waals surface area contributed by atoms with E-state index in [-0.39, 0.29) is 39.2 Å². The number of aromatic amines is 1. The topological polar surface area (TPSA) is 77.1 Å². The van der Waals surface area contributed by atoms with Gasteiger partial charge in [0.05, 0.1) is 55.6 Å². The molecule has 0 bridgehead atoms. The third-order valence-electron chi connectivity index (χ3n) is 3.50. The molecule has 0 radical (unpaired) electrons. The number of methoxy groups -OCH3 is 2. The lowest BCUT2D eigenvalue weighted by atomic mass is 10.1. The van der Waals surface area contributed by atoms with Crippen LogP contribution in [0.3, 0.4) is 0 Å². The molecule has 3 aromatic rings. The van der Waals surface area contributed by atoms with E-state index in [0.29, 0.717) is 11.0 Å². The minimum Gasteiger partial charge on any atom is -0.497 e. The lowest BCUT2D eigenvalue weighted by Crippen LogP contribution is -2.05. The van der Waals surface area contributed by atoms with Crippen molar-refractivity contribution in [3.8, 4) is 11.5 Å². The van der Waals surface area contributed by atoms with Crippen LogP contribution in [0.1, 0.15) is 29.2 Å². The smallest absolute Gasteiger partial charge is 0.197 e. The summed E-state index contributed by atoms with van der Waals surface area (Å²) in [6, 6.07) is 4.33. The number of H-pyrrole nitrogens is 1. The van der Waals surface area contributed by atoms with Gasteiger partial charge in [0.15, 0.2) is 5.16 Å². The Labute approximate surface area is 155 Å². The highest BCUT2D eigenvalue weighted by Gasteiger charge is 2.16. The number of fused-ring (bicyclic) bond motifs is 1. The molecule has 0 aliphatic carbocycles. The summed E-state index contributed by atoms with van der Waals surface area (Å²) in [7, 11) is -7.30. The lowest BCUT2D eigenvalue weighted by Gasteiger charge is -2.11. The van der Waals surface area contributed by atoms with Gasteiger partial charge in [-0.1, -0.05) is 0 Å². The molecule has 1 atom stereocenters. The van der Waals surface area contributed by atoms with Crippen molar-refractivity contribution in [1.82, 2.24) is 15.0 Å². The van der Waals surface area contributed by atoms with Crippen molar-refractivity contribution in [1.29, 1.82) is 0 Å². The number of rotatable bonds is 5. The van der Waals surface area contributed by atoms with Crippen LogP contribution in [0.25, 0.3) is 11.0 Å². The zero-order valence-electron chi connectivity index (χ0n) is 21.5. The van der Waals surface area contributed by atoms with Gasteiger partial charge in [-0.2, -0.15) is 0 Å². The maximum atomic E-state index is 12.9. The van der Waals surface area contributed by atoms with Gasteiger partial charge in [-0.3, -0.25) is 9.19 Å². The van der Waals surface area contributed by atoms with Crippen molar-refractivity contribution in [2.45, 2.75) is 24.7 Å². The van der Waals surface area contributed by atoms with Gasteiger partial charge in [0.25, 0.3) is 0 Å². The van der Waals surface area contributed by atoms with Gasteiger partial charge in [0.1, 0.15) is 11.5 Å². The van der Waals surface area contributed by atoms with Crippen LogP contribution < -0.4 is 9.47 Å². The van der Waals surface area contributed by atoms with Gasteiger partial charge >= 0.3 is 0 Å². The Balaban J connectivity index is 1.92. The highest BCUT2D eigenvalue weighted by Crippen LogP contribution is 2.26. The number of ether oxygens (including phenoxy) is 2. The zero-order valence-corrected chi connectivity index (χ0v) is 13.4. The molecular formula is C17H19N3O3S. The number of nitrogens with zero attached hydrogens (tertiary/aromatic N) is 2. The molecule has 7 heteroatoms. The Hall–Kier alpha value is -2.41. The van der Waals surface area contributed by atoms with Gasteiger partial charge in [0, 0.05) is 27.5 Å². The van der Waals surface area contributed by atoms with E-state index in [2.05, 4.69) is 15.0 Å². The molecular weight excluding hydrogens is 326 g/mol. The standard InChI is InChI=1S/C17H19N3O3S/c1-10-8-18-15(11(2)16(10)23-4)9-24(21)17-19-13-6-5-12(22-3)7-14(13)20-17/h5-8H,9H2,1-4H3,(H,19,20)/i1D3,3D3,4D3. The Morgan fingerprint density at radius 3 is 3.00 bits per heavy atom. The van der Waals surface area contributed by atoms with E-state index < -0.39 is 31.7 Å². The molecule has 3 rings (SSSR count). The monoisotopic (exact) mass is 354 g/mol. The fraction of sp³-hybridized carbons (Fsp3) is 0.294. The number of hydrogen-bond acceptors (Lipinski definition) is 5. The molecule has 0 saturated heterocycles. The summed E-state index contributed by atoms with van der Waals surface area (Å²) in [6.45, 7) is -1.23. The number of imidazole rings is 1. The second-order valence-electron chi connectivity index (χ2n) is 4.99. The molecule has 1 aromatic carbocycles. The molecule has 24 heavy (non-hydrogen) atoms. The van der Waals surface area contributed by atoms with Gasteiger partial charge in [0.2, 0.25) is 0 Å². The van der Waals surface area contributed by atoms with Crippen LogP contribution in [-0.2, 0) is 16.6 Å². The first-order valence-electron chi connectivity index (χ1n) is 11.3. The van der Waals surface area contributed by atoms with Crippen molar-refractivity contribution in [2.75, 3.05) is 14.1 Å². The Kier molecular flexibility index (Phi) is 2.37. The second kappa shape index (κ2) is 6.60. The predicted octanol–water partition coefficient (Wildman–Crippen LogP) is 2.90. The van der Waals surface area contributed by atoms with Crippen LogP contribution in [-0.4, -0.2) is 33.2 Å². The molecule has 2 aromatic heterocycles. The Bertz CT molecular complexity index is 1200. The van der Waals surface area contributed by atoms with Crippen LogP contribution in [0.15, 0.2) is 29.6 Å². The zero-order chi connectivity index (χ0) is 24.8. The third-order valence-corrected chi connectivity index (χ3v) is 4.66. The van der Waals surface area contributed by atoms with Crippen LogP contribution in [0, 0.1) is 13.8 Å². The van der Waals surface area contributed by atoms with Gasteiger partial charge in [-0.05, 0) is 25.9 Å².